The predicted octanol–water partition coefficient (Wildman–Crippen LogP) is 4.40. The normalized spacial score (nSPS) is 11.5. The van der Waals surface area contributed by atoms with Gasteiger partial charge in [-0.05, 0) is 30.5 Å². The van der Waals surface area contributed by atoms with E-state index in [1.807, 2.05) is 6.07 Å². The monoisotopic (exact) mass is 244 g/mol. The molecule has 1 atom stereocenters. The molecule has 2 aromatic carbocycles. The summed E-state index contributed by atoms with van der Waals surface area (Å²) in [5.41, 5.74) is 3.38. The van der Waals surface area contributed by atoms with Gasteiger partial charge in [0.15, 0.2) is 0 Å². The minimum absolute atomic E-state index is 0.264. The first-order chi connectivity index (χ1) is 8.13. The van der Waals surface area contributed by atoms with Crippen LogP contribution >= 0.6 is 9.47 Å². The molecule has 88 valence electrons. The maximum absolute atomic E-state index is 5.39. The fourth-order valence-corrected chi connectivity index (χ4v) is 1.90. The van der Waals surface area contributed by atoms with Gasteiger partial charge < -0.3 is 4.52 Å². The third-order valence-corrected chi connectivity index (χ3v) is 3.57. The fourth-order valence-electron chi connectivity index (χ4n) is 1.76. The number of rotatable bonds is 3. The van der Waals surface area contributed by atoms with E-state index < -0.39 is 0 Å². The van der Waals surface area contributed by atoms with Crippen LogP contribution in [-0.2, 0) is 10.1 Å². The Morgan fingerprint density at radius 3 is 1.88 bits per heavy atom. The minimum atomic E-state index is -0.264. The summed E-state index contributed by atoms with van der Waals surface area (Å²) in [7, 11) is 2.33. The lowest BCUT2D eigenvalue weighted by Gasteiger charge is -2.23. The molecule has 1 nitrogen and oxygen atoms in total. The molecule has 0 aliphatic carbocycles. The van der Waals surface area contributed by atoms with Gasteiger partial charge in [-0.1, -0.05) is 54.6 Å². The zero-order valence-corrected chi connectivity index (χ0v) is 11.3. The summed E-state index contributed by atoms with van der Waals surface area (Å²) in [4.78, 5) is 0. The molecule has 0 N–H and O–H groups in total. The Hall–Kier alpha value is -1.17. The molecule has 0 radical (unpaired) electrons. The summed E-state index contributed by atoms with van der Waals surface area (Å²) in [6.07, 6.45) is 0. The highest BCUT2D eigenvalue weighted by atomic mass is 31.0. The van der Waals surface area contributed by atoms with Crippen LogP contribution < -0.4 is 0 Å². The van der Waals surface area contributed by atoms with Crippen LogP contribution in [0.4, 0.5) is 0 Å². The Morgan fingerprint density at radius 2 is 1.35 bits per heavy atom. The quantitative estimate of drug-likeness (QED) is 0.727. The lowest BCUT2D eigenvalue weighted by atomic mass is 9.95. The summed E-state index contributed by atoms with van der Waals surface area (Å²) in [5, 5.41) is 0. The smallest absolute Gasteiger partial charge is 0.0910 e. The van der Waals surface area contributed by atoms with Gasteiger partial charge in [0.25, 0.3) is 0 Å². The highest BCUT2D eigenvalue weighted by molar-refractivity contribution is 7.09. The number of benzene rings is 2. The second-order valence-electron chi connectivity index (χ2n) is 4.57. The molecule has 17 heavy (non-hydrogen) atoms. The van der Waals surface area contributed by atoms with Crippen molar-refractivity contribution in [1.29, 1.82) is 0 Å². The van der Waals surface area contributed by atoms with E-state index >= 15 is 0 Å². The number of hydrogen-bond acceptors (Lipinski definition) is 1. The molecule has 1 unspecified atom stereocenters. The zero-order chi connectivity index (χ0) is 12.3. The van der Waals surface area contributed by atoms with Crippen LogP contribution in [-0.4, -0.2) is 0 Å². The molecular formula is C15H17OP. The number of hydrogen-bond donors (Lipinski definition) is 0. The Balaban J connectivity index is 2.31. The van der Waals surface area contributed by atoms with Crippen molar-refractivity contribution >= 4 is 9.47 Å². The van der Waals surface area contributed by atoms with Crippen molar-refractivity contribution < 1.29 is 4.52 Å². The molecule has 0 bridgehead atoms. The first-order valence-electron chi connectivity index (χ1n) is 5.67. The second-order valence-corrected chi connectivity index (χ2v) is 4.81. The van der Waals surface area contributed by atoms with Gasteiger partial charge in [-0.3, -0.25) is 0 Å². The third-order valence-electron chi connectivity index (χ3n) is 2.98. The van der Waals surface area contributed by atoms with Crippen molar-refractivity contribution in [2.45, 2.75) is 19.4 Å². The highest BCUT2D eigenvalue weighted by Crippen LogP contribution is 2.29. The third kappa shape index (κ3) is 2.74. The highest BCUT2D eigenvalue weighted by Gasteiger charge is 2.18. The van der Waals surface area contributed by atoms with Crippen molar-refractivity contribution in [3.63, 3.8) is 0 Å². The molecule has 2 heteroatoms. The molecule has 0 aromatic heterocycles. The minimum Gasteiger partial charge on any atom is -0.355 e. The van der Waals surface area contributed by atoms with Crippen LogP contribution in [0.5, 0.6) is 0 Å². The molecule has 0 heterocycles. The molecule has 0 saturated heterocycles. The van der Waals surface area contributed by atoms with Crippen molar-refractivity contribution in [3.05, 3.63) is 60.2 Å². The van der Waals surface area contributed by atoms with E-state index in [0.717, 1.165) is 0 Å². The molecule has 2 rings (SSSR count). The summed E-state index contributed by atoms with van der Waals surface area (Å²) in [6.45, 7) is 4.11. The van der Waals surface area contributed by atoms with Gasteiger partial charge in [0.1, 0.15) is 0 Å². The lowest BCUT2D eigenvalue weighted by Crippen LogP contribution is -2.16. The SMILES string of the molecule is CC(C)(OP)c1ccc(-c2ccccc2)cc1. The van der Waals surface area contributed by atoms with Gasteiger partial charge in [0, 0.05) is 9.47 Å². The molecular weight excluding hydrogens is 227 g/mol. The van der Waals surface area contributed by atoms with Gasteiger partial charge in [-0.15, -0.1) is 0 Å². The topological polar surface area (TPSA) is 9.23 Å². The van der Waals surface area contributed by atoms with E-state index in [1.54, 1.807) is 0 Å². The Bertz CT molecular complexity index is 474. The van der Waals surface area contributed by atoms with Gasteiger partial charge >= 0.3 is 0 Å². The van der Waals surface area contributed by atoms with Crippen molar-refractivity contribution in [2.24, 2.45) is 0 Å². The predicted molar refractivity (Wildman–Crippen MR) is 75.7 cm³/mol. The van der Waals surface area contributed by atoms with Crippen molar-refractivity contribution in [2.75, 3.05) is 0 Å². The van der Waals surface area contributed by atoms with Gasteiger partial charge in [-0.2, -0.15) is 0 Å². The first kappa shape index (κ1) is 12.3. The average Bonchev–Trinajstić information content (AvgIpc) is 2.40. The van der Waals surface area contributed by atoms with Crippen LogP contribution in [0.1, 0.15) is 19.4 Å². The van der Waals surface area contributed by atoms with E-state index in [0.29, 0.717) is 0 Å². The molecule has 2 aromatic rings. The summed E-state index contributed by atoms with van der Waals surface area (Å²) >= 11 is 0. The summed E-state index contributed by atoms with van der Waals surface area (Å²) in [6, 6.07) is 18.9. The first-order valence-corrected chi connectivity index (χ1v) is 6.14. The van der Waals surface area contributed by atoms with E-state index in [9.17, 15) is 0 Å². The van der Waals surface area contributed by atoms with Crippen LogP contribution in [0.25, 0.3) is 11.1 Å². The standard InChI is InChI=1S/C15H17OP/c1-15(2,16-17)14-10-8-13(9-11-14)12-6-4-3-5-7-12/h3-11H,17H2,1-2H3. The van der Waals surface area contributed by atoms with Gasteiger partial charge in [0.05, 0.1) is 5.60 Å². The van der Waals surface area contributed by atoms with Crippen molar-refractivity contribution in [3.8, 4) is 11.1 Å². The largest absolute Gasteiger partial charge is 0.355 e. The lowest BCUT2D eigenvalue weighted by molar-refractivity contribution is 0.139. The maximum Gasteiger partial charge on any atom is 0.0910 e. The molecule has 0 aliphatic heterocycles. The molecule has 0 fully saturated rings. The Morgan fingerprint density at radius 1 is 0.824 bits per heavy atom. The molecule has 0 spiro atoms. The fraction of sp³-hybridized carbons (Fsp3) is 0.200. The van der Waals surface area contributed by atoms with E-state index in [4.69, 9.17) is 4.52 Å². The van der Waals surface area contributed by atoms with Gasteiger partial charge in [0.2, 0.25) is 0 Å². The van der Waals surface area contributed by atoms with E-state index in [2.05, 4.69) is 71.8 Å². The Kier molecular flexibility index (Phi) is 3.61. The second kappa shape index (κ2) is 5.00. The maximum atomic E-state index is 5.39. The van der Waals surface area contributed by atoms with E-state index in [1.165, 1.54) is 16.7 Å². The summed E-state index contributed by atoms with van der Waals surface area (Å²) < 4.78 is 5.39. The molecule has 0 saturated carbocycles. The van der Waals surface area contributed by atoms with Crippen molar-refractivity contribution in [1.82, 2.24) is 0 Å². The van der Waals surface area contributed by atoms with Crippen LogP contribution in [0, 0.1) is 0 Å². The van der Waals surface area contributed by atoms with Gasteiger partial charge in [-0.25, -0.2) is 0 Å². The van der Waals surface area contributed by atoms with Crippen LogP contribution in [0.15, 0.2) is 54.6 Å². The van der Waals surface area contributed by atoms with Crippen LogP contribution in [0.2, 0.25) is 0 Å². The Labute approximate surface area is 105 Å². The molecule has 0 aliphatic rings. The average molecular weight is 244 g/mol. The van der Waals surface area contributed by atoms with E-state index in [-0.39, 0.29) is 5.60 Å². The van der Waals surface area contributed by atoms with Crippen LogP contribution in [0.3, 0.4) is 0 Å². The summed E-state index contributed by atoms with van der Waals surface area (Å²) in [5.74, 6) is 0. The molecule has 0 amide bonds. The zero-order valence-electron chi connectivity index (χ0n) is 10.2.